The second kappa shape index (κ2) is 5.81. The molecule has 0 heterocycles. The van der Waals surface area contributed by atoms with Gasteiger partial charge in [-0.3, -0.25) is 4.79 Å². The van der Waals surface area contributed by atoms with E-state index in [0.29, 0.717) is 11.1 Å². The topological polar surface area (TPSA) is 95.9 Å². The van der Waals surface area contributed by atoms with Crippen molar-refractivity contribution in [1.29, 1.82) is 0 Å². The molecule has 6 heteroatoms. The van der Waals surface area contributed by atoms with Gasteiger partial charge in [-0.25, -0.2) is 4.79 Å². The number of carbonyl (C=O) groups is 2. The average Bonchev–Trinajstić information content (AvgIpc) is 2.42. The van der Waals surface area contributed by atoms with Crippen molar-refractivity contribution in [2.75, 3.05) is 7.11 Å². The molecule has 3 N–H and O–H groups in total. The number of nitrogens with one attached hydrogen (secondary N) is 1. The van der Waals surface area contributed by atoms with Gasteiger partial charge in [0, 0.05) is 5.56 Å². The van der Waals surface area contributed by atoms with Crippen LogP contribution in [0.5, 0.6) is 11.5 Å². The molecule has 110 valence electrons. The Morgan fingerprint density at radius 3 is 2.10 bits per heavy atom. The van der Waals surface area contributed by atoms with Crippen molar-refractivity contribution in [3.05, 3.63) is 22.3 Å². The van der Waals surface area contributed by atoms with Gasteiger partial charge < -0.3 is 20.3 Å². The minimum Gasteiger partial charge on any atom is -0.507 e. The Labute approximate surface area is 117 Å². The second-order valence-electron chi connectivity index (χ2n) is 4.67. The largest absolute Gasteiger partial charge is 0.507 e. The first-order valence-corrected chi connectivity index (χ1v) is 6.12. The zero-order valence-electron chi connectivity index (χ0n) is 12.2. The zero-order chi connectivity index (χ0) is 15.6. The van der Waals surface area contributed by atoms with E-state index in [1.165, 1.54) is 21.0 Å². The summed E-state index contributed by atoms with van der Waals surface area (Å²) in [6, 6.07) is -0.833. The van der Waals surface area contributed by atoms with Crippen LogP contribution in [0.15, 0.2) is 0 Å². The van der Waals surface area contributed by atoms with Gasteiger partial charge in [0.2, 0.25) is 0 Å². The molecule has 0 bridgehead atoms. The predicted octanol–water partition coefficient (Wildman–Crippen LogP) is 1.31. The van der Waals surface area contributed by atoms with E-state index in [-0.39, 0.29) is 22.6 Å². The quantitative estimate of drug-likeness (QED) is 0.726. The van der Waals surface area contributed by atoms with Crippen molar-refractivity contribution in [3.63, 3.8) is 0 Å². The summed E-state index contributed by atoms with van der Waals surface area (Å²) in [5.74, 6) is -1.51. The van der Waals surface area contributed by atoms with Crippen molar-refractivity contribution in [3.8, 4) is 11.5 Å². The smallest absolute Gasteiger partial charge is 0.328 e. The number of phenolic OH excluding ortho intramolecular Hbond substituents is 2. The highest BCUT2D eigenvalue weighted by Crippen LogP contribution is 2.36. The molecule has 0 aromatic heterocycles. The molecule has 1 rings (SSSR count). The van der Waals surface area contributed by atoms with E-state index < -0.39 is 17.9 Å². The van der Waals surface area contributed by atoms with E-state index in [1.807, 2.05) is 0 Å². The van der Waals surface area contributed by atoms with Crippen molar-refractivity contribution in [2.45, 2.75) is 33.7 Å². The fourth-order valence-corrected chi connectivity index (χ4v) is 1.91. The maximum atomic E-state index is 12.2. The Hall–Kier alpha value is -2.24. The molecule has 0 radical (unpaired) electrons. The van der Waals surface area contributed by atoms with Crippen LogP contribution in [0.4, 0.5) is 0 Å². The van der Waals surface area contributed by atoms with Gasteiger partial charge in [0.05, 0.1) is 12.7 Å². The van der Waals surface area contributed by atoms with Gasteiger partial charge >= 0.3 is 5.97 Å². The van der Waals surface area contributed by atoms with Crippen LogP contribution in [0.1, 0.15) is 34.0 Å². The van der Waals surface area contributed by atoms with Crippen molar-refractivity contribution in [2.24, 2.45) is 0 Å². The Kier molecular flexibility index (Phi) is 4.60. The minimum atomic E-state index is -0.833. The second-order valence-corrected chi connectivity index (χ2v) is 4.67. The number of benzene rings is 1. The standard InChI is InChI=1S/C14H19NO5/c1-6-7(2)11(16)8(3)12(17)10(6)13(18)15-9(4)14(19)20-5/h9,16-17H,1-5H3,(H,15,18). The first kappa shape index (κ1) is 15.8. The fraction of sp³-hybridized carbons (Fsp3) is 0.429. The van der Waals surface area contributed by atoms with Crippen LogP contribution < -0.4 is 5.32 Å². The predicted molar refractivity (Wildman–Crippen MR) is 72.9 cm³/mol. The van der Waals surface area contributed by atoms with Crippen LogP contribution in [-0.2, 0) is 9.53 Å². The highest BCUT2D eigenvalue weighted by Gasteiger charge is 2.24. The Bertz CT molecular complexity index is 536. The van der Waals surface area contributed by atoms with Gasteiger partial charge in [-0.05, 0) is 38.8 Å². The lowest BCUT2D eigenvalue weighted by atomic mass is 9.96. The molecular weight excluding hydrogens is 262 g/mol. The molecule has 0 saturated heterocycles. The molecule has 0 saturated carbocycles. The van der Waals surface area contributed by atoms with E-state index in [9.17, 15) is 19.8 Å². The van der Waals surface area contributed by atoms with Crippen LogP contribution >= 0.6 is 0 Å². The summed E-state index contributed by atoms with van der Waals surface area (Å²) in [7, 11) is 1.22. The molecule has 6 nitrogen and oxygen atoms in total. The molecule has 1 aromatic rings. The summed E-state index contributed by atoms with van der Waals surface area (Å²) < 4.78 is 4.52. The Balaban J connectivity index is 3.21. The molecule has 0 aliphatic carbocycles. The highest BCUT2D eigenvalue weighted by atomic mass is 16.5. The molecule has 1 atom stereocenters. The zero-order valence-corrected chi connectivity index (χ0v) is 12.2. The van der Waals surface area contributed by atoms with E-state index >= 15 is 0 Å². The number of ether oxygens (including phenoxy) is 1. The number of amides is 1. The van der Waals surface area contributed by atoms with Crippen molar-refractivity contribution >= 4 is 11.9 Å². The van der Waals surface area contributed by atoms with Gasteiger partial charge in [0.1, 0.15) is 17.5 Å². The number of esters is 1. The lowest BCUT2D eigenvalue weighted by Gasteiger charge is -2.17. The third-order valence-corrected chi connectivity index (χ3v) is 3.37. The van der Waals surface area contributed by atoms with Gasteiger partial charge in [-0.1, -0.05) is 0 Å². The average molecular weight is 281 g/mol. The van der Waals surface area contributed by atoms with Gasteiger partial charge in [0.15, 0.2) is 0 Å². The van der Waals surface area contributed by atoms with E-state index in [4.69, 9.17) is 0 Å². The first-order chi connectivity index (χ1) is 9.22. The van der Waals surface area contributed by atoms with Gasteiger partial charge in [-0.2, -0.15) is 0 Å². The summed E-state index contributed by atoms with van der Waals surface area (Å²) in [5.41, 5.74) is 1.24. The minimum absolute atomic E-state index is 0.0439. The lowest BCUT2D eigenvalue weighted by molar-refractivity contribution is -0.142. The number of hydrogen-bond donors (Lipinski definition) is 3. The lowest BCUT2D eigenvalue weighted by Crippen LogP contribution is -2.39. The molecule has 1 aromatic carbocycles. The summed E-state index contributed by atoms with van der Waals surface area (Å²) in [5, 5.41) is 22.3. The molecule has 0 fully saturated rings. The molecule has 0 spiro atoms. The SMILES string of the molecule is COC(=O)C(C)NC(=O)c1c(C)c(C)c(O)c(C)c1O. The van der Waals surface area contributed by atoms with E-state index in [2.05, 4.69) is 10.1 Å². The number of hydrogen-bond acceptors (Lipinski definition) is 5. The molecule has 1 unspecified atom stereocenters. The summed E-state index contributed by atoms with van der Waals surface area (Å²) >= 11 is 0. The van der Waals surface area contributed by atoms with Crippen molar-refractivity contribution in [1.82, 2.24) is 5.32 Å². The van der Waals surface area contributed by atoms with Crippen LogP contribution in [0.3, 0.4) is 0 Å². The Morgan fingerprint density at radius 2 is 1.60 bits per heavy atom. The first-order valence-electron chi connectivity index (χ1n) is 6.12. The molecule has 1 amide bonds. The summed E-state index contributed by atoms with van der Waals surface area (Å²) in [4.78, 5) is 23.5. The van der Waals surface area contributed by atoms with E-state index in [1.54, 1.807) is 13.8 Å². The fourth-order valence-electron chi connectivity index (χ4n) is 1.91. The Morgan fingerprint density at radius 1 is 1.05 bits per heavy atom. The molecule has 0 aliphatic heterocycles. The normalized spacial score (nSPS) is 11.8. The van der Waals surface area contributed by atoms with Gasteiger partial charge in [0.25, 0.3) is 5.91 Å². The molecule has 0 aliphatic rings. The monoisotopic (exact) mass is 281 g/mol. The number of methoxy groups -OCH3 is 1. The highest BCUT2D eigenvalue weighted by molar-refractivity contribution is 6.01. The summed E-state index contributed by atoms with van der Waals surface area (Å²) in [6.45, 7) is 6.26. The van der Waals surface area contributed by atoms with Crippen LogP contribution in [-0.4, -0.2) is 35.2 Å². The number of carbonyl (C=O) groups excluding carboxylic acids is 2. The van der Waals surface area contributed by atoms with E-state index in [0.717, 1.165) is 0 Å². The molecular formula is C14H19NO5. The van der Waals surface area contributed by atoms with Crippen LogP contribution in [0.2, 0.25) is 0 Å². The number of aromatic hydroxyl groups is 2. The third-order valence-electron chi connectivity index (χ3n) is 3.37. The summed E-state index contributed by atoms with van der Waals surface area (Å²) in [6.07, 6.45) is 0. The van der Waals surface area contributed by atoms with Crippen LogP contribution in [0.25, 0.3) is 0 Å². The molecule has 20 heavy (non-hydrogen) atoms. The van der Waals surface area contributed by atoms with Crippen molar-refractivity contribution < 1.29 is 24.5 Å². The third kappa shape index (κ3) is 2.68. The maximum absolute atomic E-state index is 12.2. The van der Waals surface area contributed by atoms with Gasteiger partial charge in [-0.15, -0.1) is 0 Å². The maximum Gasteiger partial charge on any atom is 0.328 e. The number of rotatable bonds is 3. The van der Waals surface area contributed by atoms with Crippen LogP contribution in [0, 0.1) is 20.8 Å². The number of phenols is 2.